The van der Waals surface area contributed by atoms with Crippen LogP contribution >= 0.6 is 27.5 Å². The molecule has 2 N–H and O–H groups in total. The summed E-state index contributed by atoms with van der Waals surface area (Å²) in [6.45, 7) is 2.09. The molecule has 1 unspecified atom stereocenters. The minimum absolute atomic E-state index is 0.0677. The zero-order valence-corrected chi connectivity index (χ0v) is 12.8. The van der Waals surface area contributed by atoms with Crippen LogP contribution in [0.4, 0.5) is 4.39 Å². The normalized spacial score (nSPS) is 12.5. The lowest BCUT2D eigenvalue weighted by Gasteiger charge is -2.15. The highest BCUT2D eigenvalue weighted by Crippen LogP contribution is 2.31. The molecule has 0 spiro atoms. The van der Waals surface area contributed by atoms with Crippen LogP contribution < -0.4 is 5.73 Å². The van der Waals surface area contributed by atoms with Gasteiger partial charge in [-0.1, -0.05) is 48.9 Å². The summed E-state index contributed by atoms with van der Waals surface area (Å²) in [4.78, 5) is 0. The van der Waals surface area contributed by atoms with Crippen LogP contribution in [-0.2, 0) is 6.42 Å². The van der Waals surface area contributed by atoms with E-state index in [0.717, 1.165) is 12.0 Å². The quantitative estimate of drug-likeness (QED) is 0.793. The molecule has 0 fully saturated rings. The van der Waals surface area contributed by atoms with Crippen LogP contribution in [0.15, 0.2) is 40.9 Å². The lowest BCUT2D eigenvalue weighted by atomic mass is 9.98. The molecule has 2 aromatic rings. The highest BCUT2D eigenvalue weighted by Gasteiger charge is 2.17. The molecule has 0 aliphatic carbocycles. The predicted octanol–water partition coefficient (Wildman–Crippen LogP) is 4.85. The average Bonchev–Trinajstić information content (AvgIpc) is 2.44. The van der Waals surface area contributed by atoms with Gasteiger partial charge in [-0.05, 0) is 39.5 Å². The molecule has 1 atom stereocenters. The fourth-order valence-electron chi connectivity index (χ4n) is 1.92. The van der Waals surface area contributed by atoms with Crippen molar-refractivity contribution >= 4 is 27.5 Å². The third kappa shape index (κ3) is 2.99. The van der Waals surface area contributed by atoms with E-state index in [0.29, 0.717) is 10.0 Å². The summed E-state index contributed by atoms with van der Waals surface area (Å²) in [6, 6.07) is 10.7. The van der Waals surface area contributed by atoms with Gasteiger partial charge in [0.2, 0.25) is 0 Å². The Bertz CT molecular complexity index is 583. The second kappa shape index (κ2) is 6.04. The van der Waals surface area contributed by atoms with Gasteiger partial charge in [0.05, 0.1) is 11.1 Å². The molecule has 0 aliphatic rings. The Balaban J connectivity index is 2.38. The van der Waals surface area contributed by atoms with Crippen molar-refractivity contribution in [2.45, 2.75) is 19.4 Å². The van der Waals surface area contributed by atoms with Gasteiger partial charge in [0.15, 0.2) is 0 Å². The molecule has 0 amide bonds. The van der Waals surface area contributed by atoms with Gasteiger partial charge in [-0.3, -0.25) is 0 Å². The molecule has 2 rings (SSSR count). The van der Waals surface area contributed by atoms with Gasteiger partial charge >= 0.3 is 0 Å². The van der Waals surface area contributed by atoms with Gasteiger partial charge in [0, 0.05) is 10.0 Å². The first kappa shape index (κ1) is 14.5. The van der Waals surface area contributed by atoms with Crippen molar-refractivity contribution in [2.75, 3.05) is 0 Å². The van der Waals surface area contributed by atoms with Crippen molar-refractivity contribution in [1.82, 2.24) is 0 Å². The van der Waals surface area contributed by atoms with Gasteiger partial charge in [0.25, 0.3) is 0 Å². The summed E-state index contributed by atoms with van der Waals surface area (Å²) in [6.07, 6.45) is 0.966. The number of nitrogens with two attached hydrogens (primary N) is 1. The smallest absolute Gasteiger partial charge is 0.148 e. The SMILES string of the molecule is CCc1ccc(C(N)c2ccc(Br)c(Cl)c2F)cc1. The van der Waals surface area contributed by atoms with E-state index in [1.54, 1.807) is 12.1 Å². The summed E-state index contributed by atoms with van der Waals surface area (Å²) < 4.78 is 14.6. The van der Waals surface area contributed by atoms with Gasteiger partial charge < -0.3 is 5.73 Å². The maximum Gasteiger partial charge on any atom is 0.148 e. The van der Waals surface area contributed by atoms with E-state index in [4.69, 9.17) is 17.3 Å². The number of aryl methyl sites for hydroxylation is 1. The molecule has 0 saturated heterocycles. The lowest BCUT2D eigenvalue weighted by Crippen LogP contribution is -2.14. The average molecular weight is 343 g/mol. The molecule has 1 nitrogen and oxygen atoms in total. The maximum absolute atomic E-state index is 14.1. The van der Waals surface area contributed by atoms with E-state index >= 15 is 0 Å². The van der Waals surface area contributed by atoms with E-state index in [1.807, 2.05) is 24.3 Å². The number of hydrogen-bond donors (Lipinski definition) is 1. The second-order valence-electron chi connectivity index (χ2n) is 4.34. The van der Waals surface area contributed by atoms with Crippen LogP contribution in [0.2, 0.25) is 5.02 Å². The Morgan fingerprint density at radius 3 is 2.42 bits per heavy atom. The van der Waals surface area contributed by atoms with Crippen molar-refractivity contribution in [3.8, 4) is 0 Å². The Morgan fingerprint density at radius 1 is 1.21 bits per heavy atom. The minimum atomic E-state index is -0.517. The lowest BCUT2D eigenvalue weighted by molar-refractivity contribution is 0.599. The fraction of sp³-hybridized carbons (Fsp3) is 0.200. The molecular weight excluding hydrogens is 329 g/mol. The molecule has 0 aromatic heterocycles. The predicted molar refractivity (Wildman–Crippen MR) is 81.0 cm³/mol. The Labute approximate surface area is 125 Å². The van der Waals surface area contributed by atoms with Crippen molar-refractivity contribution in [2.24, 2.45) is 5.73 Å². The van der Waals surface area contributed by atoms with Gasteiger partial charge in [-0.2, -0.15) is 0 Å². The number of halogens is 3. The van der Waals surface area contributed by atoms with Crippen LogP contribution in [0.25, 0.3) is 0 Å². The third-order valence-corrected chi connectivity index (χ3v) is 4.41. The third-order valence-electron chi connectivity index (χ3n) is 3.15. The first-order valence-corrected chi connectivity index (χ1v) is 7.19. The summed E-state index contributed by atoms with van der Waals surface area (Å²) in [5.74, 6) is -0.469. The highest BCUT2D eigenvalue weighted by molar-refractivity contribution is 9.10. The van der Waals surface area contributed by atoms with Gasteiger partial charge in [-0.25, -0.2) is 4.39 Å². The zero-order valence-electron chi connectivity index (χ0n) is 10.5. The molecule has 0 saturated carbocycles. The molecule has 2 aromatic carbocycles. The fourth-order valence-corrected chi connectivity index (χ4v) is 2.40. The Morgan fingerprint density at radius 2 is 1.84 bits per heavy atom. The monoisotopic (exact) mass is 341 g/mol. The first-order chi connectivity index (χ1) is 9.04. The zero-order chi connectivity index (χ0) is 14.0. The summed E-state index contributed by atoms with van der Waals surface area (Å²) >= 11 is 9.08. The molecular formula is C15H14BrClFN. The molecule has 0 heterocycles. The van der Waals surface area contributed by atoms with Crippen molar-refractivity contribution in [3.05, 3.63) is 68.4 Å². The van der Waals surface area contributed by atoms with Crippen LogP contribution in [0.1, 0.15) is 29.7 Å². The van der Waals surface area contributed by atoms with Crippen LogP contribution in [0, 0.1) is 5.82 Å². The van der Waals surface area contributed by atoms with Crippen LogP contribution in [0.3, 0.4) is 0 Å². The summed E-state index contributed by atoms with van der Waals surface area (Å²) in [5, 5.41) is 0.0677. The second-order valence-corrected chi connectivity index (χ2v) is 5.57. The summed E-state index contributed by atoms with van der Waals surface area (Å²) in [5.41, 5.74) is 8.61. The van der Waals surface area contributed by atoms with Crippen LogP contribution in [0.5, 0.6) is 0 Å². The maximum atomic E-state index is 14.1. The van der Waals surface area contributed by atoms with Gasteiger partial charge in [-0.15, -0.1) is 0 Å². The standard InChI is InChI=1S/C15H14BrClFN/c1-2-9-3-5-10(6-4-9)15(19)11-7-8-12(16)13(17)14(11)18/h3-8,15H,2,19H2,1H3. The largest absolute Gasteiger partial charge is 0.320 e. The summed E-state index contributed by atoms with van der Waals surface area (Å²) in [7, 11) is 0. The van der Waals surface area contributed by atoms with E-state index < -0.39 is 11.9 Å². The molecule has 19 heavy (non-hydrogen) atoms. The minimum Gasteiger partial charge on any atom is -0.320 e. The topological polar surface area (TPSA) is 26.0 Å². The molecule has 100 valence electrons. The molecule has 0 radical (unpaired) electrons. The first-order valence-electron chi connectivity index (χ1n) is 6.02. The van der Waals surface area contributed by atoms with Crippen molar-refractivity contribution < 1.29 is 4.39 Å². The Hall–Kier alpha value is -0.900. The van der Waals surface area contributed by atoms with E-state index in [9.17, 15) is 4.39 Å². The van der Waals surface area contributed by atoms with Crippen molar-refractivity contribution in [3.63, 3.8) is 0 Å². The molecule has 4 heteroatoms. The number of hydrogen-bond acceptors (Lipinski definition) is 1. The Kier molecular flexibility index (Phi) is 4.61. The van der Waals surface area contributed by atoms with Crippen molar-refractivity contribution in [1.29, 1.82) is 0 Å². The van der Waals surface area contributed by atoms with Gasteiger partial charge in [0.1, 0.15) is 5.82 Å². The van der Waals surface area contributed by atoms with E-state index in [2.05, 4.69) is 22.9 Å². The van der Waals surface area contributed by atoms with Crippen LogP contribution in [-0.4, -0.2) is 0 Å². The number of rotatable bonds is 3. The van der Waals surface area contributed by atoms with E-state index in [1.165, 1.54) is 5.56 Å². The molecule has 0 aliphatic heterocycles. The van der Waals surface area contributed by atoms with E-state index in [-0.39, 0.29) is 5.02 Å². The highest BCUT2D eigenvalue weighted by atomic mass is 79.9. The molecule has 0 bridgehead atoms. The number of benzene rings is 2.